The van der Waals surface area contributed by atoms with Crippen LogP contribution in [0.2, 0.25) is 0 Å². The number of anilines is 1. The van der Waals surface area contributed by atoms with Crippen molar-refractivity contribution in [1.82, 2.24) is 9.88 Å². The largest absolute Gasteiger partial charge is 0.490 e. The van der Waals surface area contributed by atoms with Gasteiger partial charge in [0, 0.05) is 43.5 Å². The minimum absolute atomic E-state index is 0.183. The lowest BCUT2D eigenvalue weighted by Gasteiger charge is -2.38. The average Bonchev–Trinajstić information content (AvgIpc) is 3.34. The number of carbonyl (C=O) groups excluding carboxylic acids is 1. The Hall–Kier alpha value is -1.90. The number of thiophene rings is 1. The van der Waals surface area contributed by atoms with Crippen LogP contribution in [0.5, 0.6) is 5.75 Å². The summed E-state index contributed by atoms with van der Waals surface area (Å²) in [4.78, 5) is 21.4. The zero-order valence-corrected chi connectivity index (χ0v) is 19.0. The fourth-order valence-corrected chi connectivity index (χ4v) is 6.81. The first-order valence-corrected chi connectivity index (χ1v) is 12.3. The molecule has 0 aromatic carbocycles. The third-order valence-electron chi connectivity index (χ3n) is 7.07. The van der Waals surface area contributed by atoms with Crippen LogP contribution in [0.1, 0.15) is 54.9 Å². The third-order valence-corrected chi connectivity index (χ3v) is 8.23. The minimum Gasteiger partial charge on any atom is -0.490 e. The number of primary amides is 1. The van der Waals surface area contributed by atoms with Gasteiger partial charge < -0.3 is 20.5 Å². The van der Waals surface area contributed by atoms with E-state index in [0.29, 0.717) is 12.5 Å². The molecule has 3 aliphatic rings. The molecule has 1 saturated carbocycles. The summed E-state index contributed by atoms with van der Waals surface area (Å²) in [5.41, 5.74) is 6.80. The fraction of sp³-hybridized carbons (Fsp3) is 0.652. The molecule has 2 aromatic heterocycles. The number of morpholine rings is 1. The summed E-state index contributed by atoms with van der Waals surface area (Å²) in [5.74, 6) is 1.69. The van der Waals surface area contributed by atoms with E-state index in [1.165, 1.54) is 23.3 Å². The first kappa shape index (κ1) is 21.0. The van der Waals surface area contributed by atoms with Crippen molar-refractivity contribution < 1.29 is 14.3 Å². The molecule has 5 rings (SSSR count). The predicted octanol–water partition coefficient (Wildman–Crippen LogP) is 3.27. The molecule has 2 aromatic rings. The van der Waals surface area contributed by atoms with Crippen LogP contribution >= 0.6 is 11.3 Å². The van der Waals surface area contributed by atoms with Crippen molar-refractivity contribution in [1.29, 1.82) is 0 Å². The molecule has 3 heterocycles. The summed E-state index contributed by atoms with van der Waals surface area (Å²) in [7, 11) is 1.89. The van der Waals surface area contributed by atoms with Gasteiger partial charge in [0.1, 0.15) is 16.4 Å². The maximum absolute atomic E-state index is 11.6. The standard InChI is InChI=1S/C23H32N4O3S/c1-25-20-13-17(30-16-5-3-15(4-6-16)27-8-10-29-11-9-27)22-21-14(12-19(24)28)2-7-18(21)31-23(22)26-20/h13-16H,2-12H2,1H3,(H2,24,28)(H,25,26)/t14-,15?,16?/m1/s1. The lowest BCUT2D eigenvalue weighted by Crippen LogP contribution is -2.46. The van der Waals surface area contributed by atoms with Gasteiger partial charge in [-0.1, -0.05) is 0 Å². The van der Waals surface area contributed by atoms with Gasteiger partial charge in [-0.3, -0.25) is 9.69 Å². The number of amides is 1. The lowest BCUT2D eigenvalue weighted by atomic mass is 9.91. The zero-order chi connectivity index (χ0) is 21.4. The molecule has 8 heteroatoms. The second-order valence-corrected chi connectivity index (χ2v) is 10.1. The molecule has 1 amide bonds. The van der Waals surface area contributed by atoms with Crippen molar-refractivity contribution in [3.8, 4) is 5.75 Å². The smallest absolute Gasteiger partial charge is 0.218 e. The highest BCUT2D eigenvalue weighted by molar-refractivity contribution is 7.19. The summed E-state index contributed by atoms with van der Waals surface area (Å²) in [6.45, 7) is 3.81. The van der Waals surface area contributed by atoms with Crippen molar-refractivity contribution in [2.45, 2.75) is 63.0 Å². The number of fused-ring (bicyclic) bond motifs is 3. The van der Waals surface area contributed by atoms with E-state index in [0.717, 1.165) is 73.8 Å². The molecule has 1 atom stereocenters. The van der Waals surface area contributed by atoms with Crippen LogP contribution in [0.4, 0.5) is 5.82 Å². The van der Waals surface area contributed by atoms with Crippen LogP contribution in [0.15, 0.2) is 6.07 Å². The molecule has 1 aliphatic heterocycles. The molecule has 7 nitrogen and oxygen atoms in total. The Labute approximate surface area is 187 Å². The molecule has 31 heavy (non-hydrogen) atoms. The number of nitrogens with zero attached hydrogens (tertiary/aromatic N) is 2. The van der Waals surface area contributed by atoms with Crippen molar-refractivity contribution in [3.05, 3.63) is 16.5 Å². The first-order chi connectivity index (χ1) is 15.1. The maximum atomic E-state index is 11.6. The van der Waals surface area contributed by atoms with Gasteiger partial charge in [-0.05, 0) is 50.0 Å². The molecule has 2 aliphatic carbocycles. The van der Waals surface area contributed by atoms with E-state index in [4.69, 9.17) is 20.2 Å². The number of ether oxygens (including phenoxy) is 2. The van der Waals surface area contributed by atoms with Crippen LogP contribution < -0.4 is 15.8 Å². The SMILES string of the molecule is CNc1cc(OC2CCC(N3CCOCC3)CC2)c2c3c(sc2n1)CC[C@@H]3CC(N)=O. The van der Waals surface area contributed by atoms with Crippen molar-refractivity contribution >= 4 is 33.3 Å². The third kappa shape index (κ3) is 4.25. The summed E-state index contributed by atoms with van der Waals surface area (Å²) in [6.07, 6.45) is 7.07. The molecule has 0 spiro atoms. The van der Waals surface area contributed by atoms with Gasteiger partial charge in [0.25, 0.3) is 0 Å². The van der Waals surface area contributed by atoms with Crippen LogP contribution in [-0.4, -0.2) is 61.3 Å². The number of nitrogens with one attached hydrogen (secondary N) is 1. The molecule has 3 N–H and O–H groups in total. The minimum atomic E-state index is -0.235. The van der Waals surface area contributed by atoms with Gasteiger partial charge in [0.15, 0.2) is 0 Å². The Morgan fingerprint density at radius 1 is 1.29 bits per heavy atom. The average molecular weight is 445 g/mol. The molecular weight excluding hydrogens is 412 g/mol. The number of nitrogens with two attached hydrogens (primary N) is 1. The van der Waals surface area contributed by atoms with Gasteiger partial charge in [-0.15, -0.1) is 11.3 Å². The summed E-state index contributed by atoms with van der Waals surface area (Å²) < 4.78 is 12.2. The van der Waals surface area contributed by atoms with E-state index < -0.39 is 0 Å². The Morgan fingerprint density at radius 3 is 2.77 bits per heavy atom. The second kappa shape index (κ2) is 8.92. The molecule has 0 radical (unpaired) electrons. The van der Waals surface area contributed by atoms with Gasteiger partial charge >= 0.3 is 0 Å². The summed E-state index contributed by atoms with van der Waals surface area (Å²) >= 11 is 1.74. The van der Waals surface area contributed by atoms with E-state index in [2.05, 4.69) is 10.2 Å². The van der Waals surface area contributed by atoms with Crippen LogP contribution in [-0.2, 0) is 16.0 Å². The van der Waals surface area contributed by atoms with Crippen LogP contribution in [0.25, 0.3) is 10.2 Å². The maximum Gasteiger partial charge on any atom is 0.218 e. The van der Waals surface area contributed by atoms with Gasteiger partial charge in [0.2, 0.25) is 5.91 Å². The fourth-order valence-electron chi connectivity index (χ4n) is 5.52. The Kier molecular flexibility index (Phi) is 6.03. The normalized spacial score (nSPS) is 26.7. The molecule has 2 fully saturated rings. The van der Waals surface area contributed by atoms with Crippen molar-refractivity contribution in [3.63, 3.8) is 0 Å². The monoisotopic (exact) mass is 444 g/mol. The van der Waals surface area contributed by atoms with E-state index in [-0.39, 0.29) is 17.9 Å². The Bertz CT molecular complexity index is 948. The molecule has 168 valence electrons. The highest BCUT2D eigenvalue weighted by Gasteiger charge is 2.32. The topological polar surface area (TPSA) is 89.7 Å². The summed E-state index contributed by atoms with van der Waals surface area (Å²) in [6, 6.07) is 2.68. The number of carbonyl (C=O) groups is 1. The number of pyridine rings is 1. The van der Waals surface area contributed by atoms with Crippen molar-refractivity contribution in [2.75, 3.05) is 38.7 Å². The molecule has 0 bridgehead atoms. The number of rotatable bonds is 6. The van der Waals surface area contributed by atoms with Gasteiger partial charge in [0.05, 0.1) is 24.7 Å². The van der Waals surface area contributed by atoms with E-state index >= 15 is 0 Å². The van der Waals surface area contributed by atoms with Crippen LogP contribution in [0.3, 0.4) is 0 Å². The highest BCUT2D eigenvalue weighted by atomic mass is 32.1. The molecular formula is C23H32N4O3S. The van der Waals surface area contributed by atoms with Crippen molar-refractivity contribution in [2.24, 2.45) is 5.73 Å². The second-order valence-electron chi connectivity index (χ2n) is 8.98. The number of hydrogen-bond donors (Lipinski definition) is 2. The summed E-state index contributed by atoms with van der Waals surface area (Å²) in [5, 5.41) is 4.29. The highest BCUT2D eigenvalue weighted by Crippen LogP contribution is 2.48. The predicted molar refractivity (Wildman–Crippen MR) is 123 cm³/mol. The van der Waals surface area contributed by atoms with Gasteiger partial charge in [-0.2, -0.15) is 0 Å². The first-order valence-electron chi connectivity index (χ1n) is 11.5. The molecule has 0 unspecified atom stereocenters. The van der Waals surface area contributed by atoms with Crippen LogP contribution in [0, 0.1) is 0 Å². The Morgan fingerprint density at radius 2 is 2.06 bits per heavy atom. The zero-order valence-electron chi connectivity index (χ0n) is 18.2. The van der Waals surface area contributed by atoms with E-state index in [9.17, 15) is 4.79 Å². The number of hydrogen-bond acceptors (Lipinski definition) is 7. The van der Waals surface area contributed by atoms with E-state index in [1.54, 1.807) is 11.3 Å². The Balaban J connectivity index is 1.37. The van der Waals surface area contributed by atoms with Gasteiger partial charge in [-0.25, -0.2) is 4.98 Å². The number of aryl methyl sites for hydroxylation is 1. The lowest BCUT2D eigenvalue weighted by molar-refractivity contribution is -0.118. The van der Waals surface area contributed by atoms with E-state index in [1.807, 2.05) is 13.1 Å². The molecule has 1 saturated heterocycles. The number of aromatic nitrogens is 1. The quantitative estimate of drug-likeness (QED) is 0.711.